The Bertz CT molecular complexity index is 295. The van der Waals surface area contributed by atoms with Gasteiger partial charge in [-0.1, -0.05) is 0 Å². The molecule has 0 amide bonds. The smallest absolute Gasteiger partial charge is 0.306 e. The van der Waals surface area contributed by atoms with Crippen molar-refractivity contribution in [3.63, 3.8) is 0 Å². The highest BCUT2D eigenvalue weighted by Crippen LogP contribution is 2.44. The van der Waals surface area contributed by atoms with Crippen LogP contribution in [0.2, 0.25) is 0 Å². The van der Waals surface area contributed by atoms with E-state index < -0.39 is 5.79 Å². The van der Waals surface area contributed by atoms with E-state index in [9.17, 15) is 4.79 Å². The molecule has 0 N–H and O–H groups in total. The fraction of sp³-hybridized carbons (Fsp3) is 0.917. The molecule has 4 heteroatoms. The number of carbonyl (C=O) groups excluding carboxylic acids is 1. The van der Waals surface area contributed by atoms with Crippen LogP contribution in [-0.2, 0) is 19.0 Å². The molecule has 3 fully saturated rings. The van der Waals surface area contributed by atoms with Crippen molar-refractivity contribution in [3.05, 3.63) is 0 Å². The van der Waals surface area contributed by atoms with Crippen molar-refractivity contribution < 1.29 is 19.0 Å². The molecule has 1 saturated carbocycles. The molecule has 2 aliphatic heterocycles. The summed E-state index contributed by atoms with van der Waals surface area (Å²) in [5.41, 5.74) is 0. The van der Waals surface area contributed by atoms with Gasteiger partial charge in [-0.3, -0.25) is 4.79 Å². The van der Waals surface area contributed by atoms with Gasteiger partial charge in [0.25, 0.3) is 0 Å². The molecule has 4 nitrogen and oxygen atoms in total. The Labute approximate surface area is 95.2 Å². The van der Waals surface area contributed by atoms with E-state index >= 15 is 0 Å². The van der Waals surface area contributed by atoms with E-state index in [1.165, 1.54) is 0 Å². The van der Waals surface area contributed by atoms with Gasteiger partial charge in [0, 0.05) is 11.8 Å². The van der Waals surface area contributed by atoms with Crippen LogP contribution in [0.4, 0.5) is 0 Å². The van der Waals surface area contributed by atoms with Crippen molar-refractivity contribution in [3.8, 4) is 0 Å². The number of carbonyl (C=O) groups is 1. The summed E-state index contributed by atoms with van der Waals surface area (Å²) in [5, 5.41) is 0. The molecule has 3 rings (SSSR count). The first-order chi connectivity index (χ1) is 7.67. The van der Waals surface area contributed by atoms with Crippen LogP contribution in [0, 0.1) is 11.8 Å². The van der Waals surface area contributed by atoms with E-state index in [1.54, 1.807) is 0 Å². The third kappa shape index (κ3) is 1.64. The second-order valence-corrected chi connectivity index (χ2v) is 5.22. The summed E-state index contributed by atoms with van der Waals surface area (Å²) in [6, 6.07) is 0. The first-order valence-corrected chi connectivity index (χ1v) is 6.15. The maximum absolute atomic E-state index is 11.2. The molecule has 0 aromatic heterocycles. The van der Waals surface area contributed by atoms with Gasteiger partial charge in [-0.2, -0.15) is 0 Å². The van der Waals surface area contributed by atoms with Crippen molar-refractivity contribution in [2.24, 2.45) is 11.8 Å². The molecule has 0 radical (unpaired) electrons. The molecule has 16 heavy (non-hydrogen) atoms. The quantitative estimate of drug-likeness (QED) is 0.635. The molecule has 2 saturated heterocycles. The third-order valence-electron chi connectivity index (χ3n) is 4.24. The maximum atomic E-state index is 11.2. The zero-order chi connectivity index (χ0) is 11.2. The van der Waals surface area contributed by atoms with Gasteiger partial charge in [-0.05, 0) is 26.2 Å². The highest BCUT2D eigenvalue weighted by atomic mass is 16.7. The van der Waals surface area contributed by atoms with Crippen molar-refractivity contribution in [2.45, 2.75) is 44.5 Å². The number of esters is 1. The minimum absolute atomic E-state index is 0.0333. The van der Waals surface area contributed by atoms with Crippen LogP contribution in [-0.4, -0.2) is 31.1 Å². The molecule has 0 bridgehead atoms. The van der Waals surface area contributed by atoms with Crippen LogP contribution in [0.1, 0.15) is 32.6 Å². The molecular formula is C12H18O4. The van der Waals surface area contributed by atoms with Gasteiger partial charge in [0.1, 0.15) is 6.10 Å². The minimum Gasteiger partial charge on any atom is -0.462 e. The molecule has 0 aromatic rings. The average Bonchev–Trinajstić information content (AvgIpc) is 2.82. The van der Waals surface area contributed by atoms with Crippen LogP contribution >= 0.6 is 0 Å². The first-order valence-electron chi connectivity index (χ1n) is 6.15. The molecule has 0 aromatic carbocycles. The van der Waals surface area contributed by atoms with Crippen LogP contribution in [0.5, 0.6) is 0 Å². The molecule has 3 unspecified atom stereocenters. The summed E-state index contributed by atoms with van der Waals surface area (Å²) in [5.74, 6) is 0.324. The fourth-order valence-electron chi connectivity index (χ4n) is 3.24. The number of fused-ring (bicyclic) bond motifs is 1. The Balaban J connectivity index is 1.69. The van der Waals surface area contributed by atoms with E-state index in [-0.39, 0.29) is 12.1 Å². The average molecular weight is 226 g/mol. The lowest BCUT2D eigenvalue weighted by Gasteiger charge is -2.38. The summed E-state index contributed by atoms with van der Waals surface area (Å²) in [6.07, 6.45) is 3.75. The minimum atomic E-state index is -0.444. The number of hydrogen-bond donors (Lipinski definition) is 0. The second-order valence-electron chi connectivity index (χ2n) is 5.22. The SMILES string of the molecule is CC1(C2CCC3CC(=O)OC3C2)OCCO1. The lowest BCUT2D eigenvalue weighted by Crippen LogP contribution is -2.41. The first kappa shape index (κ1) is 10.5. The highest BCUT2D eigenvalue weighted by molar-refractivity contribution is 5.72. The fourth-order valence-corrected chi connectivity index (χ4v) is 3.24. The van der Waals surface area contributed by atoms with Crippen LogP contribution < -0.4 is 0 Å². The van der Waals surface area contributed by atoms with Crippen molar-refractivity contribution >= 4 is 5.97 Å². The van der Waals surface area contributed by atoms with Gasteiger partial charge in [0.2, 0.25) is 0 Å². The summed E-state index contributed by atoms with van der Waals surface area (Å²) < 4.78 is 16.7. The van der Waals surface area contributed by atoms with E-state index in [2.05, 4.69) is 0 Å². The zero-order valence-electron chi connectivity index (χ0n) is 9.61. The van der Waals surface area contributed by atoms with Gasteiger partial charge >= 0.3 is 5.97 Å². The van der Waals surface area contributed by atoms with Gasteiger partial charge in [-0.15, -0.1) is 0 Å². The van der Waals surface area contributed by atoms with Gasteiger partial charge < -0.3 is 14.2 Å². The number of hydrogen-bond acceptors (Lipinski definition) is 4. The van der Waals surface area contributed by atoms with Gasteiger partial charge in [0.05, 0.1) is 19.6 Å². The van der Waals surface area contributed by atoms with Gasteiger partial charge in [-0.25, -0.2) is 0 Å². The maximum Gasteiger partial charge on any atom is 0.306 e. The predicted octanol–water partition coefficient (Wildman–Crippen LogP) is 1.48. The Morgan fingerprint density at radius 1 is 1.25 bits per heavy atom. The normalized spacial score (nSPS) is 41.8. The summed E-state index contributed by atoms with van der Waals surface area (Å²) in [4.78, 5) is 11.2. The number of rotatable bonds is 1. The van der Waals surface area contributed by atoms with E-state index in [0.717, 1.165) is 19.3 Å². The van der Waals surface area contributed by atoms with Crippen LogP contribution in [0.25, 0.3) is 0 Å². The molecule has 90 valence electrons. The topological polar surface area (TPSA) is 44.8 Å². The monoisotopic (exact) mass is 226 g/mol. The summed E-state index contributed by atoms with van der Waals surface area (Å²) in [6.45, 7) is 3.38. The predicted molar refractivity (Wildman–Crippen MR) is 55.6 cm³/mol. The van der Waals surface area contributed by atoms with Crippen molar-refractivity contribution in [1.29, 1.82) is 0 Å². The number of ether oxygens (including phenoxy) is 3. The van der Waals surface area contributed by atoms with E-state index in [4.69, 9.17) is 14.2 Å². The molecule has 0 spiro atoms. The molecule has 3 atom stereocenters. The Morgan fingerprint density at radius 2 is 2.00 bits per heavy atom. The van der Waals surface area contributed by atoms with Crippen LogP contribution in [0.3, 0.4) is 0 Å². The lowest BCUT2D eigenvalue weighted by atomic mass is 9.76. The summed E-state index contributed by atoms with van der Waals surface area (Å²) in [7, 11) is 0. The van der Waals surface area contributed by atoms with E-state index in [0.29, 0.717) is 31.5 Å². The Hall–Kier alpha value is -0.610. The lowest BCUT2D eigenvalue weighted by molar-refractivity contribution is -0.197. The Kier molecular flexibility index (Phi) is 2.44. The molecule has 2 heterocycles. The highest BCUT2D eigenvalue weighted by Gasteiger charge is 2.47. The molecular weight excluding hydrogens is 208 g/mol. The standard InChI is InChI=1S/C12H18O4/c1-12(14-4-5-15-12)9-3-2-8-6-11(13)16-10(8)7-9/h8-10H,2-7H2,1H3. The van der Waals surface area contributed by atoms with Crippen molar-refractivity contribution in [2.75, 3.05) is 13.2 Å². The van der Waals surface area contributed by atoms with E-state index in [1.807, 2.05) is 6.92 Å². The second kappa shape index (κ2) is 3.70. The Morgan fingerprint density at radius 3 is 2.75 bits per heavy atom. The largest absolute Gasteiger partial charge is 0.462 e. The third-order valence-corrected chi connectivity index (χ3v) is 4.24. The zero-order valence-corrected chi connectivity index (χ0v) is 9.61. The van der Waals surface area contributed by atoms with Gasteiger partial charge in [0.15, 0.2) is 5.79 Å². The molecule has 3 aliphatic rings. The molecule has 1 aliphatic carbocycles. The van der Waals surface area contributed by atoms with Crippen LogP contribution in [0.15, 0.2) is 0 Å². The van der Waals surface area contributed by atoms with Crippen molar-refractivity contribution in [1.82, 2.24) is 0 Å². The summed E-state index contributed by atoms with van der Waals surface area (Å²) >= 11 is 0.